The van der Waals surface area contributed by atoms with Crippen molar-refractivity contribution in [3.05, 3.63) is 59.4 Å². The van der Waals surface area contributed by atoms with Gasteiger partial charge in [0.2, 0.25) is 5.91 Å². The van der Waals surface area contributed by atoms with E-state index in [0.29, 0.717) is 13.0 Å². The van der Waals surface area contributed by atoms with E-state index in [9.17, 15) is 4.79 Å². The van der Waals surface area contributed by atoms with Crippen molar-refractivity contribution in [3.63, 3.8) is 0 Å². The van der Waals surface area contributed by atoms with Crippen LogP contribution in [0.1, 0.15) is 23.2 Å². The molecule has 0 bridgehead atoms. The number of benzene rings is 1. The second kappa shape index (κ2) is 8.81. The highest BCUT2D eigenvalue weighted by Crippen LogP contribution is 2.20. The van der Waals surface area contributed by atoms with Gasteiger partial charge in [0.25, 0.3) is 0 Å². The molecule has 0 unspecified atom stereocenters. The molecule has 1 aliphatic rings. The van der Waals surface area contributed by atoms with E-state index in [0.717, 1.165) is 49.7 Å². The molecule has 1 aliphatic heterocycles. The van der Waals surface area contributed by atoms with Crippen LogP contribution in [0.15, 0.2) is 42.6 Å². The average molecular weight is 353 g/mol. The quantitative estimate of drug-likeness (QED) is 0.801. The Bertz CT molecular complexity index is 725. The number of piperazine rings is 1. The van der Waals surface area contributed by atoms with Crippen LogP contribution in [-0.2, 0) is 11.3 Å². The number of amides is 1. The second-order valence-corrected chi connectivity index (χ2v) is 6.77. The van der Waals surface area contributed by atoms with Gasteiger partial charge in [-0.3, -0.25) is 14.7 Å². The zero-order chi connectivity index (χ0) is 18.4. The largest absolute Gasteiger partial charge is 0.493 e. The maximum Gasteiger partial charge on any atom is 0.226 e. The van der Waals surface area contributed by atoms with Crippen molar-refractivity contribution >= 4 is 5.91 Å². The number of aromatic nitrogens is 1. The molecule has 138 valence electrons. The molecule has 1 amide bonds. The molecule has 1 aromatic heterocycles. The smallest absolute Gasteiger partial charge is 0.226 e. The summed E-state index contributed by atoms with van der Waals surface area (Å²) >= 11 is 0. The summed E-state index contributed by atoms with van der Waals surface area (Å²) in [7, 11) is 0. The molecule has 26 heavy (non-hydrogen) atoms. The first kappa shape index (κ1) is 18.4. The van der Waals surface area contributed by atoms with Crippen LogP contribution in [0.3, 0.4) is 0 Å². The maximum atomic E-state index is 12.4. The van der Waals surface area contributed by atoms with Crippen LogP contribution < -0.4 is 4.74 Å². The van der Waals surface area contributed by atoms with E-state index < -0.39 is 0 Å². The van der Waals surface area contributed by atoms with E-state index in [2.05, 4.69) is 22.9 Å². The summed E-state index contributed by atoms with van der Waals surface area (Å²) in [5.74, 6) is 1.05. The number of hydrogen-bond acceptors (Lipinski definition) is 4. The molecular weight excluding hydrogens is 326 g/mol. The van der Waals surface area contributed by atoms with Gasteiger partial charge < -0.3 is 9.64 Å². The molecule has 0 atom stereocenters. The molecule has 0 saturated carbocycles. The molecule has 2 aromatic rings. The molecule has 5 nitrogen and oxygen atoms in total. The number of carbonyl (C=O) groups excluding carboxylic acids is 1. The average Bonchev–Trinajstić information content (AvgIpc) is 2.66. The normalized spacial score (nSPS) is 15.1. The molecule has 0 aliphatic carbocycles. The zero-order valence-electron chi connectivity index (χ0n) is 15.6. The van der Waals surface area contributed by atoms with Gasteiger partial charge in [-0.25, -0.2) is 0 Å². The fourth-order valence-electron chi connectivity index (χ4n) is 3.16. The van der Waals surface area contributed by atoms with Gasteiger partial charge in [-0.2, -0.15) is 0 Å². The number of ether oxygens (including phenoxy) is 1. The first-order valence-corrected chi connectivity index (χ1v) is 9.22. The Morgan fingerprint density at radius 2 is 1.88 bits per heavy atom. The van der Waals surface area contributed by atoms with Gasteiger partial charge in [0.1, 0.15) is 5.75 Å². The van der Waals surface area contributed by atoms with Gasteiger partial charge in [-0.15, -0.1) is 0 Å². The lowest BCUT2D eigenvalue weighted by molar-refractivity contribution is -0.133. The number of pyridine rings is 1. The summed E-state index contributed by atoms with van der Waals surface area (Å²) < 4.78 is 5.81. The fraction of sp³-hybridized carbons (Fsp3) is 0.429. The van der Waals surface area contributed by atoms with Crippen molar-refractivity contribution in [2.24, 2.45) is 0 Å². The molecule has 5 heteroatoms. The molecule has 1 aromatic carbocycles. The highest BCUT2D eigenvalue weighted by molar-refractivity contribution is 5.76. The minimum absolute atomic E-state index is 0.174. The van der Waals surface area contributed by atoms with Crippen molar-refractivity contribution in [1.82, 2.24) is 14.8 Å². The maximum absolute atomic E-state index is 12.4. The van der Waals surface area contributed by atoms with Gasteiger partial charge in [0.15, 0.2) is 0 Å². The summed E-state index contributed by atoms with van der Waals surface area (Å²) in [6.45, 7) is 8.71. The molecule has 1 fully saturated rings. The summed E-state index contributed by atoms with van der Waals surface area (Å²) in [6.07, 6.45) is 2.25. The van der Waals surface area contributed by atoms with Crippen LogP contribution in [0.5, 0.6) is 5.75 Å². The molecule has 3 rings (SSSR count). The van der Waals surface area contributed by atoms with E-state index in [1.807, 2.05) is 48.4 Å². The summed E-state index contributed by atoms with van der Waals surface area (Å²) in [4.78, 5) is 21.1. The van der Waals surface area contributed by atoms with Crippen molar-refractivity contribution in [1.29, 1.82) is 0 Å². The molecule has 1 saturated heterocycles. The van der Waals surface area contributed by atoms with Crippen molar-refractivity contribution in [2.75, 3.05) is 32.8 Å². The number of hydrogen-bond donors (Lipinski definition) is 0. The first-order chi connectivity index (χ1) is 12.6. The topological polar surface area (TPSA) is 45.7 Å². The van der Waals surface area contributed by atoms with Crippen LogP contribution in [0, 0.1) is 13.8 Å². The Morgan fingerprint density at radius 1 is 1.08 bits per heavy atom. The van der Waals surface area contributed by atoms with Gasteiger partial charge in [-0.05, 0) is 43.2 Å². The van der Waals surface area contributed by atoms with Gasteiger partial charge in [-0.1, -0.05) is 18.2 Å². The number of nitrogens with zero attached hydrogens (tertiary/aromatic N) is 3. The third-order valence-electron chi connectivity index (χ3n) is 4.97. The monoisotopic (exact) mass is 353 g/mol. The van der Waals surface area contributed by atoms with E-state index in [4.69, 9.17) is 4.74 Å². The minimum Gasteiger partial charge on any atom is -0.493 e. The Labute approximate surface area is 155 Å². The van der Waals surface area contributed by atoms with Crippen molar-refractivity contribution in [2.45, 2.75) is 26.8 Å². The Balaban J connectivity index is 1.40. The molecule has 0 radical (unpaired) electrons. The standard InChI is InChI=1S/C21H27N3O2/c1-17-6-5-8-20(18(17)2)26-15-9-21(25)24-13-11-23(12-14-24)16-19-7-3-4-10-22-19/h3-8,10H,9,11-16H2,1-2H3. The predicted octanol–water partition coefficient (Wildman–Crippen LogP) is 2.81. The summed E-state index contributed by atoms with van der Waals surface area (Å²) in [5.41, 5.74) is 3.43. The van der Waals surface area contributed by atoms with Crippen LogP contribution in [0.25, 0.3) is 0 Å². The molecular formula is C21H27N3O2. The Kier molecular flexibility index (Phi) is 6.23. The van der Waals surface area contributed by atoms with E-state index in [-0.39, 0.29) is 5.91 Å². The molecule has 0 spiro atoms. The molecule has 2 heterocycles. The Morgan fingerprint density at radius 3 is 2.62 bits per heavy atom. The number of aryl methyl sites for hydroxylation is 1. The van der Waals surface area contributed by atoms with Gasteiger partial charge in [0, 0.05) is 38.9 Å². The van der Waals surface area contributed by atoms with E-state index >= 15 is 0 Å². The lowest BCUT2D eigenvalue weighted by Gasteiger charge is -2.34. The van der Waals surface area contributed by atoms with Crippen LogP contribution in [0.4, 0.5) is 0 Å². The summed E-state index contributed by atoms with van der Waals surface area (Å²) in [5, 5.41) is 0. The van der Waals surface area contributed by atoms with Crippen LogP contribution in [-0.4, -0.2) is 53.5 Å². The highest BCUT2D eigenvalue weighted by atomic mass is 16.5. The number of rotatable bonds is 6. The first-order valence-electron chi connectivity index (χ1n) is 9.22. The fourth-order valence-corrected chi connectivity index (χ4v) is 3.16. The summed E-state index contributed by atoms with van der Waals surface area (Å²) in [6, 6.07) is 12.0. The van der Waals surface area contributed by atoms with Crippen LogP contribution in [0.2, 0.25) is 0 Å². The van der Waals surface area contributed by atoms with Gasteiger partial charge >= 0.3 is 0 Å². The van der Waals surface area contributed by atoms with Crippen molar-refractivity contribution < 1.29 is 9.53 Å². The second-order valence-electron chi connectivity index (χ2n) is 6.77. The van der Waals surface area contributed by atoms with Gasteiger partial charge in [0.05, 0.1) is 18.7 Å². The predicted molar refractivity (Wildman–Crippen MR) is 102 cm³/mol. The van der Waals surface area contributed by atoms with Crippen LogP contribution >= 0.6 is 0 Å². The third kappa shape index (κ3) is 4.82. The lowest BCUT2D eigenvalue weighted by Crippen LogP contribution is -2.48. The van der Waals surface area contributed by atoms with E-state index in [1.165, 1.54) is 5.56 Å². The van der Waals surface area contributed by atoms with E-state index in [1.54, 1.807) is 0 Å². The zero-order valence-corrected chi connectivity index (χ0v) is 15.6. The van der Waals surface area contributed by atoms with Crippen molar-refractivity contribution in [3.8, 4) is 5.75 Å². The third-order valence-corrected chi connectivity index (χ3v) is 4.97. The highest BCUT2D eigenvalue weighted by Gasteiger charge is 2.21. The lowest BCUT2D eigenvalue weighted by atomic mass is 10.1. The Hall–Kier alpha value is -2.40. The SMILES string of the molecule is Cc1cccc(OCCC(=O)N2CCN(Cc3ccccn3)CC2)c1C. The number of carbonyl (C=O) groups is 1. The molecule has 0 N–H and O–H groups in total. The minimum atomic E-state index is 0.174.